The van der Waals surface area contributed by atoms with Gasteiger partial charge < -0.3 is 4.74 Å². The molecule has 0 spiro atoms. The molecular weight excluding hydrogens is 253 g/mol. The summed E-state index contributed by atoms with van der Waals surface area (Å²) in [6.45, 7) is 0. The highest BCUT2D eigenvalue weighted by Crippen LogP contribution is 2.19. The second-order valence-electron chi connectivity index (χ2n) is 3.62. The molecule has 0 N–H and O–H groups in total. The molecule has 0 aliphatic rings. The second kappa shape index (κ2) is 5.73. The fourth-order valence-electron chi connectivity index (χ4n) is 1.53. The van der Waals surface area contributed by atoms with Crippen molar-refractivity contribution < 1.29 is 13.3 Å². The van der Waals surface area contributed by atoms with E-state index in [0.29, 0.717) is 16.5 Å². The molecule has 5 heteroatoms. The third-order valence-electron chi connectivity index (χ3n) is 2.41. The molecule has 0 bridgehead atoms. The average molecular weight is 265 g/mol. The van der Waals surface area contributed by atoms with E-state index in [0.717, 1.165) is 5.56 Å². The third-order valence-corrected chi connectivity index (χ3v) is 3.78. The Morgan fingerprint density at radius 2 is 2.00 bits per heavy atom. The van der Waals surface area contributed by atoms with Gasteiger partial charge in [-0.15, -0.1) is 0 Å². The summed E-state index contributed by atoms with van der Waals surface area (Å²) < 4.78 is 30.0. The van der Waals surface area contributed by atoms with Crippen molar-refractivity contribution in [1.82, 2.24) is 4.98 Å². The summed E-state index contributed by atoms with van der Waals surface area (Å²) in [4.78, 5) is 4.63. The Labute approximate surface area is 107 Å². The van der Waals surface area contributed by atoms with Crippen LogP contribution in [0.4, 0.5) is 4.39 Å². The van der Waals surface area contributed by atoms with Gasteiger partial charge in [0.1, 0.15) is 5.82 Å². The maximum Gasteiger partial charge on any atom is 0.217 e. The largest absolute Gasteiger partial charge is 0.481 e. The van der Waals surface area contributed by atoms with Crippen LogP contribution in [0.25, 0.3) is 0 Å². The number of pyridine rings is 1. The first-order valence-corrected chi connectivity index (χ1v) is 6.64. The van der Waals surface area contributed by atoms with Crippen LogP contribution in [-0.4, -0.2) is 16.3 Å². The summed E-state index contributed by atoms with van der Waals surface area (Å²) in [5.74, 6) is 0.422. The summed E-state index contributed by atoms with van der Waals surface area (Å²) in [5.41, 5.74) is 0.766. The van der Waals surface area contributed by atoms with E-state index in [-0.39, 0.29) is 5.82 Å². The summed E-state index contributed by atoms with van der Waals surface area (Å²) in [5, 5.41) is 0. The van der Waals surface area contributed by atoms with E-state index in [4.69, 9.17) is 4.74 Å². The maximum absolute atomic E-state index is 12.8. The standard InChI is InChI=1S/C13H12FNO2S/c1-17-13-10(3-2-8-15-13)9-18(16)12-6-4-11(14)5-7-12/h2-8H,9H2,1H3. The zero-order chi connectivity index (χ0) is 13.0. The molecule has 1 aromatic carbocycles. The molecule has 0 amide bonds. The van der Waals surface area contributed by atoms with E-state index in [2.05, 4.69) is 4.98 Å². The molecule has 0 aliphatic carbocycles. The van der Waals surface area contributed by atoms with Crippen LogP contribution in [0.15, 0.2) is 47.5 Å². The fraction of sp³-hybridized carbons (Fsp3) is 0.154. The van der Waals surface area contributed by atoms with Gasteiger partial charge in [-0.1, -0.05) is 6.07 Å². The van der Waals surface area contributed by atoms with E-state index in [1.165, 1.54) is 31.4 Å². The zero-order valence-corrected chi connectivity index (χ0v) is 10.6. The van der Waals surface area contributed by atoms with E-state index >= 15 is 0 Å². The van der Waals surface area contributed by atoms with Crippen LogP contribution >= 0.6 is 0 Å². The number of benzene rings is 1. The molecule has 18 heavy (non-hydrogen) atoms. The Hall–Kier alpha value is -1.75. The number of aromatic nitrogens is 1. The van der Waals surface area contributed by atoms with E-state index in [1.807, 2.05) is 6.07 Å². The van der Waals surface area contributed by atoms with Gasteiger partial charge in [0.25, 0.3) is 0 Å². The topological polar surface area (TPSA) is 39.2 Å². The molecule has 1 atom stereocenters. The Morgan fingerprint density at radius 1 is 1.28 bits per heavy atom. The van der Waals surface area contributed by atoms with Gasteiger partial charge in [0.15, 0.2) is 0 Å². The molecule has 1 unspecified atom stereocenters. The first kappa shape index (κ1) is 12.7. The number of rotatable bonds is 4. The molecular formula is C13H12FNO2S. The van der Waals surface area contributed by atoms with Crippen LogP contribution in [0, 0.1) is 5.82 Å². The number of ether oxygens (including phenoxy) is 1. The van der Waals surface area contributed by atoms with Gasteiger partial charge in [0.2, 0.25) is 5.88 Å². The van der Waals surface area contributed by atoms with E-state index < -0.39 is 10.8 Å². The van der Waals surface area contributed by atoms with Gasteiger partial charge in [-0.25, -0.2) is 9.37 Å². The fourth-order valence-corrected chi connectivity index (χ4v) is 2.64. The Kier molecular flexibility index (Phi) is 4.04. The minimum Gasteiger partial charge on any atom is -0.481 e. The lowest BCUT2D eigenvalue weighted by Gasteiger charge is -2.06. The highest BCUT2D eigenvalue weighted by Gasteiger charge is 2.10. The minimum atomic E-state index is -1.24. The van der Waals surface area contributed by atoms with Gasteiger partial charge in [0.05, 0.1) is 23.7 Å². The summed E-state index contributed by atoms with van der Waals surface area (Å²) in [7, 11) is 0.279. The number of nitrogens with zero attached hydrogens (tertiary/aromatic N) is 1. The van der Waals surface area contributed by atoms with Crippen molar-refractivity contribution in [2.45, 2.75) is 10.6 Å². The lowest BCUT2D eigenvalue weighted by atomic mass is 10.3. The highest BCUT2D eigenvalue weighted by atomic mass is 32.2. The summed E-state index contributed by atoms with van der Waals surface area (Å²) >= 11 is 0. The molecule has 2 aromatic rings. The summed E-state index contributed by atoms with van der Waals surface area (Å²) in [6, 6.07) is 9.22. The van der Waals surface area contributed by atoms with Crippen molar-refractivity contribution >= 4 is 10.8 Å². The molecule has 3 nitrogen and oxygen atoms in total. The SMILES string of the molecule is COc1ncccc1CS(=O)c1ccc(F)cc1. The normalized spacial score (nSPS) is 12.1. The van der Waals surface area contributed by atoms with Crippen LogP contribution in [0.5, 0.6) is 5.88 Å². The Morgan fingerprint density at radius 3 is 2.67 bits per heavy atom. The van der Waals surface area contributed by atoms with Crippen molar-refractivity contribution in [3.05, 3.63) is 54.0 Å². The zero-order valence-electron chi connectivity index (χ0n) is 9.80. The van der Waals surface area contributed by atoms with Crippen molar-refractivity contribution in [3.8, 4) is 5.88 Å². The first-order chi connectivity index (χ1) is 8.70. The Balaban J connectivity index is 2.18. The van der Waals surface area contributed by atoms with Crippen molar-refractivity contribution in [2.24, 2.45) is 0 Å². The second-order valence-corrected chi connectivity index (χ2v) is 5.07. The molecule has 0 aliphatic heterocycles. The van der Waals surface area contributed by atoms with E-state index in [1.54, 1.807) is 12.3 Å². The molecule has 1 heterocycles. The molecule has 0 radical (unpaired) electrons. The third kappa shape index (κ3) is 2.92. The molecule has 0 saturated carbocycles. The minimum absolute atomic E-state index is 0.294. The van der Waals surface area contributed by atoms with Crippen molar-refractivity contribution in [2.75, 3.05) is 7.11 Å². The van der Waals surface area contributed by atoms with Crippen LogP contribution < -0.4 is 4.74 Å². The molecule has 0 fully saturated rings. The molecule has 2 rings (SSSR count). The lowest BCUT2D eigenvalue weighted by molar-refractivity contribution is 0.394. The van der Waals surface area contributed by atoms with Gasteiger partial charge >= 0.3 is 0 Å². The number of hydrogen-bond acceptors (Lipinski definition) is 3. The number of halogens is 1. The smallest absolute Gasteiger partial charge is 0.217 e. The van der Waals surface area contributed by atoms with Crippen molar-refractivity contribution in [3.63, 3.8) is 0 Å². The van der Waals surface area contributed by atoms with Gasteiger partial charge in [-0.3, -0.25) is 4.21 Å². The van der Waals surface area contributed by atoms with Gasteiger partial charge in [0, 0.05) is 16.7 Å². The maximum atomic E-state index is 12.8. The number of hydrogen-bond donors (Lipinski definition) is 0. The van der Waals surface area contributed by atoms with Crippen LogP contribution in [-0.2, 0) is 16.6 Å². The average Bonchev–Trinajstić information content (AvgIpc) is 2.40. The predicted octanol–water partition coefficient (Wildman–Crippen LogP) is 2.54. The molecule has 1 aromatic heterocycles. The highest BCUT2D eigenvalue weighted by molar-refractivity contribution is 7.84. The monoisotopic (exact) mass is 265 g/mol. The Bertz CT molecular complexity index is 557. The van der Waals surface area contributed by atoms with Crippen LogP contribution in [0.2, 0.25) is 0 Å². The van der Waals surface area contributed by atoms with Crippen LogP contribution in [0.1, 0.15) is 5.56 Å². The van der Waals surface area contributed by atoms with Crippen molar-refractivity contribution in [1.29, 1.82) is 0 Å². The van der Waals surface area contributed by atoms with Gasteiger partial charge in [-0.05, 0) is 30.3 Å². The quantitative estimate of drug-likeness (QED) is 0.852. The van der Waals surface area contributed by atoms with E-state index in [9.17, 15) is 8.60 Å². The summed E-state index contributed by atoms with van der Waals surface area (Å²) in [6.07, 6.45) is 1.61. The predicted molar refractivity (Wildman–Crippen MR) is 67.3 cm³/mol. The van der Waals surface area contributed by atoms with Gasteiger partial charge in [-0.2, -0.15) is 0 Å². The number of methoxy groups -OCH3 is 1. The lowest BCUT2D eigenvalue weighted by Crippen LogP contribution is -2.00. The first-order valence-electron chi connectivity index (χ1n) is 5.32. The molecule has 94 valence electrons. The molecule has 0 saturated heterocycles. The van der Waals surface area contributed by atoms with Crippen LogP contribution in [0.3, 0.4) is 0 Å².